The largest absolute Gasteiger partial charge is 0.381 e. The lowest BCUT2D eigenvalue weighted by molar-refractivity contribution is -0.122. The molecule has 0 saturated carbocycles. The van der Waals surface area contributed by atoms with Crippen molar-refractivity contribution in [1.29, 1.82) is 0 Å². The van der Waals surface area contributed by atoms with Gasteiger partial charge in [0.15, 0.2) is 0 Å². The maximum absolute atomic E-state index is 11.6. The van der Waals surface area contributed by atoms with Gasteiger partial charge in [0, 0.05) is 32.2 Å². The van der Waals surface area contributed by atoms with Crippen LogP contribution in [0, 0.1) is 5.41 Å². The Bertz CT molecular complexity index is 225. The molecule has 0 spiro atoms. The van der Waals surface area contributed by atoms with Crippen molar-refractivity contribution in [3.05, 3.63) is 0 Å². The van der Waals surface area contributed by atoms with Gasteiger partial charge in [0.25, 0.3) is 0 Å². The summed E-state index contributed by atoms with van der Waals surface area (Å²) in [5, 5.41) is 2.98. The van der Waals surface area contributed by atoms with Gasteiger partial charge in [-0.2, -0.15) is 0 Å². The Morgan fingerprint density at radius 3 is 2.69 bits per heavy atom. The molecule has 0 aromatic carbocycles. The molecular weight excluding hydrogens is 204 g/mol. The molecule has 4 heteroatoms. The zero-order valence-corrected chi connectivity index (χ0v) is 10.4. The molecule has 3 N–H and O–H groups in total. The number of nitrogens with two attached hydrogens (primary N) is 1. The lowest BCUT2D eigenvalue weighted by Gasteiger charge is -2.33. The van der Waals surface area contributed by atoms with E-state index in [0.29, 0.717) is 6.42 Å². The zero-order valence-electron chi connectivity index (χ0n) is 10.4. The minimum absolute atomic E-state index is 0.0116. The van der Waals surface area contributed by atoms with Crippen molar-refractivity contribution in [3.63, 3.8) is 0 Å². The number of amides is 1. The summed E-state index contributed by atoms with van der Waals surface area (Å²) in [5.41, 5.74) is 5.93. The first kappa shape index (κ1) is 13.5. The number of hydrogen-bond donors (Lipinski definition) is 2. The predicted molar refractivity (Wildman–Crippen MR) is 64.1 cm³/mol. The fourth-order valence-electron chi connectivity index (χ4n) is 1.81. The van der Waals surface area contributed by atoms with Crippen LogP contribution in [0.3, 0.4) is 0 Å². The van der Waals surface area contributed by atoms with Gasteiger partial charge in [0.1, 0.15) is 0 Å². The quantitative estimate of drug-likeness (QED) is 0.739. The molecule has 1 rings (SSSR count). The Morgan fingerprint density at radius 2 is 2.12 bits per heavy atom. The van der Waals surface area contributed by atoms with E-state index >= 15 is 0 Å². The van der Waals surface area contributed by atoms with E-state index in [0.717, 1.165) is 39.0 Å². The van der Waals surface area contributed by atoms with E-state index in [9.17, 15) is 4.79 Å². The molecule has 1 unspecified atom stereocenters. The average Bonchev–Trinajstić information content (AvgIpc) is 2.27. The van der Waals surface area contributed by atoms with Gasteiger partial charge in [-0.05, 0) is 24.7 Å². The Labute approximate surface area is 97.9 Å². The highest BCUT2D eigenvalue weighted by Gasteiger charge is 2.27. The molecule has 0 bridgehead atoms. The van der Waals surface area contributed by atoms with Gasteiger partial charge in [-0.3, -0.25) is 4.79 Å². The van der Waals surface area contributed by atoms with Gasteiger partial charge in [-0.25, -0.2) is 0 Å². The summed E-state index contributed by atoms with van der Waals surface area (Å²) in [6.07, 6.45) is 3.32. The van der Waals surface area contributed by atoms with E-state index < -0.39 is 0 Å². The van der Waals surface area contributed by atoms with Crippen LogP contribution < -0.4 is 11.1 Å². The van der Waals surface area contributed by atoms with Crippen molar-refractivity contribution in [2.75, 3.05) is 19.8 Å². The predicted octanol–water partition coefficient (Wildman–Crippen LogP) is 1.05. The first-order valence-electron chi connectivity index (χ1n) is 6.16. The Hall–Kier alpha value is -0.610. The van der Waals surface area contributed by atoms with Crippen molar-refractivity contribution < 1.29 is 9.53 Å². The van der Waals surface area contributed by atoms with Gasteiger partial charge in [0.2, 0.25) is 5.91 Å². The summed E-state index contributed by atoms with van der Waals surface area (Å²) < 4.78 is 5.32. The van der Waals surface area contributed by atoms with Crippen molar-refractivity contribution in [2.45, 2.75) is 45.6 Å². The number of nitrogens with one attached hydrogen (secondary N) is 1. The molecule has 1 amide bonds. The van der Waals surface area contributed by atoms with Crippen LogP contribution in [0.1, 0.15) is 39.5 Å². The number of carbonyl (C=O) groups is 1. The van der Waals surface area contributed by atoms with Crippen LogP contribution in [0.15, 0.2) is 0 Å². The molecule has 1 saturated heterocycles. The van der Waals surface area contributed by atoms with E-state index in [4.69, 9.17) is 10.5 Å². The van der Waals surface area contributed by atoms with Crippen LogP contribution in [-0.4, -0.2) is 31.7 Å². The molecular formula is C12H24N2O2. The molecule has 1 atom stereocenters. The number of ether oxygens (including phenoxy) is 1. The van der Waals surface area contributed by atoms with Gasteiger partial charge in [0.05, 0.1) is 0 Å². The number of rotatable bonds is 5. The van der Waals surface area contributed by atoms with Gasteiger partial charge in [-0.15, -0.1) is 0 Å². The summed E-state index contributed by atoms with van der Waals surface area (Å²) >= 11 is 0. The van der Waals surface area contributed by atoms with Crippen LogP contribution in [0.2, 0.25) is 0 Å². The highest BCUT2D eigenvalue weighted by Crippen LogP contribution is 2.28. The van der Waals surface area contributed by atoms with E-state index in [1.807, 2.05) is 6.92 Å². The molecule has 1 aliphatic heterocycles. The highest BCUT2D eigenvalue weighted by molar-refractivity contribution is 5.76. The lowest BCUT2D eigenvalue weighted by atomic mass is 9.82. The lowest BCUT2D eigenvalue weighted by Crippen LogP contribution is -2.41. The third-order valence-corrected chi connectivity index (χ3v) is 3.38. The Kier molecular flexibility index (Phi) is 5.22. The van der Waals surface area contributed by atoms with Crippen molar-refractivity contribution in [2.24, 2.45) is 11.1 Å². The smallest absolute Gasteiger partial charge is 0.221 e. The number of carbonyl (C=O) groups excluding carboxylic acids is 1. The monoisotopic (exact) mass is 228 g/mol. The third kappa shape index (κ3) is 4.49. The second-order valence-electron chi connectivity index (χ2n) is 5.07. The highest BCUT2D eigenvalue weighted by atomic mass is 16.5. The fourth-order valence-corrected chi connectivity index (χ4v) is 1.81. The fraction of sp³-hybridized carbons (Fsp3) is 0.917. The van der Waals surface area contributed by atoms with Crippen LogP contribution in [0.4, 0.5) is 0 Å². The first-order valence-corrected chi connectivity index (χ1v) is 6.16. The maximum atomic E-state index is 11.6. The van der Waals surface area contributed by atoms with Gasteiger partial charge >= 0.3 is 0 Å². The van der Waals surface area contributed by atoms with Crippen molar-refractivity contribution in [3.8, 4) is 0 Å². The molecule has 94 valence electrons. The molecule has 0 aromatic heterocycles. The third-order valence-electron chi connectivity index (χ3n) is 3.38. The second-order valence-corrected chi connectivity index (χ2v) is 5.07. The summed E-state index contributed by atoms with van der Waals surface area (Å²) in [6, 6.07) is -0.0116. The minimum Gasteiger partial charge on any atom is -0.381 e. The summed E-state index contributed by atoms with van der Waals surface area (Å²) in [7, 11) is 0. The molecule has 0 aliphatic carbocycles. The molecule has 0 aromatic rings. The average molecular weight is 228 g/mol. The Morgan fingerprint density at radius 1 is 1.50 bits per heavy atom. The van der Waals surface area contributed by atoms with Crippen LogP contribution in [0.25, 0.3) is 0 Å². The zero-order chi connectivity index (χ0) is 12.0. The van der Waals surface area contributed by atoms with Gasteiger partial charge in [-0.1, -0.05) is 13.8 Å². The molecule has 4 nitrogen and oxygen atoms in total. The SMILES string of the molecule is CCC(N)CC(=O)NCC1(C)CCOCC1. The van der Waals surface area contributed by atoms with Crippen molar-refractivity contribution >= 4 is 5.91 Å². The van der Waals surface area contributed by atoms with Crippen molar-refractivity contribution in [1.82, 2.24) is 5.32 Å². The molecule has 0 radical (unpaired) electrons. The molecule has 16 heavy (non-hydrogen) atoms. The first-order chi connectivity index (χ1) is 7.56. The molecule has 1 aliphatic rings. The normalized spacial score (nSPS) is 21.4. The van der Waals surface area contributed by atoms with Gasteiger partial charge < -0.3 is 15.8 Å². The molecule has 1 fully saturated rings. The van der Waals surface area contributed by atoms with Crippen LogP contribution >= 0.6 is 0 Å². The summed E-state index contributed by atoms with van der Waals surface area (Å²) in [5.74, 6) is 0.0714. The van der Waals surface area contributed by atoms with Crippen LogP contribution in [-0.2, 0) is 9.53 Å². The standard InChI is InChI=1S/C12H24N2O2/c1-3-10(13)8-11(15)14-9-12(2)4-6-16-7-5-12/h10H,3-9,13H2,1-2H3,(H,14,15). The van der Waals surface area contributed by atoms with Crippen LogP contribution in [0.5, 0.6) is 0 Å². The topological polar surface area (TPSA) is 64.4 Å². The van der Waals surface area contributed by atoms with E-state index in [-0.39, 0.29) is 17.4 Å². The minimum atomic E-state index is -0.0116. The Balaban J connectivity index is 2.24. The van der Waals surface area contributed by atoms with E-state index in [2.05, 4.69) is 12.2 Å². The number of hydrogen-bond acceptors (Lipinski definition) is 3. The second kappa shape index (κ2) is 6.21. The van der Waals surface area contributed by atoms with E-state index in [1.165, 1.54) is 0 Å². The van der Waals surface area contributed by atoms with E-state index in [1.54, 1.807) is 0 Å². The molecule has 1 heterocycles. The summed E-state index contributed by atoms with van der Waals surface area (Å²) in [6.45, 7) is 6.56. The maximum Gasteiger partial charge on any atom is 0.221 e. The summed E-state index contributed by atoms with van der Waals surface area (Å²) in [4.78, 5) is 11.6.